The van der Waals surface area contributed by atoms with E-state index < -0.39 is 10.8 Å². The van der Waals surface area contributed by atoms with E-state index in [1.807, 2.05) is 31.5 Å². The van der Waals surface area contributed by atoms with Crippen molar-refractivity contribution in [3.8, 4) is 0 Å². The number of hydrogen-bond donors (Lipinski definition) is 0. The molecule has 1 heterocycles. The van der Waals surface area contributed by atoms with Gasteiger partial charge in [-0.3, -0.25) is 14.9 Å². The molecule has 2 aromatic carbocycles. The Kier molecular flexibility index (Phi) is 4.02. The summed E-state index contributed by atoms with van der Waals surface area (Å²) >= 11 is 1.40. The van der Waals surface area contributed by atoms with Crippen LogP contribution in [0.25, 0.3) is 10.2 Å². The average Bonchev–Trinajstić information content (AvgIpc) is 2.84. The van der Waals surface area contributed by atoms with Crippen molar-refractivity contribution < 1.29 is 9.72 Å². The van der Waals surface area contributed by atoms with Crippen LogP contribution in [0.1, 0.15) is 21.5 Å². The topological polar surface area (TPSA) is 77.5 Å². The summed E-state index contributed by atoms with van der Waals surface area (Å²) in [4.78, 5) is 27.6. The number of rotatable bonds is 2. The number of thiazole rings is 1. The number of aryl methyl sites for hydroxylation is 3. The zero-order chi connectivity index (χ0) is 17.4. The highest BCUT2D eigenvalue weighted by molar-refractivity contribution is 7.16. The summed E-state index contributed by atoms with van der Waals surface area (Å²) in [5, 5.41) is 11.1. The maximum atomic E-state index is 12.4. The van der Waals surface area contributed by atoms with Gasteiger partial charge in [0, 0.05) is 13.1 Å². The fourth-order valence-corrected chi connectivity index (χ4v) is 3.70. The molecule has 24 heavy (non-hydrogen) atoms. The molecule has 0 aliphatic rings. The van der Waals surface area contributed by atoms with Crippen molar-refractivity contribution in [3.63, 3.8) is 0 Å². The van der Waals surface area contributed by atoms with Crippen molar-refractivity contribution in [1.82, 2.24) is 4.57 Å². The van der Waals surface area contributed by atoms with E-state index in [4.69, 9.17) is 0 Å². The van der Waals surface area contributed by atoms with Crippen LogP contribution < -0.4 is 4.80 Å². The highest BCUT2D eigenvalue weighted by atomic mass is 32.1. The predicted molar refractivity (Wildman–Crippen MR) is 93.3 cm³/mol. The first-order chi connectivity index (χ1) is 11.4. The smallest absolute Gasteiger partial charge is 0.286 e. The second-order valence-corrected chi connectivity index (χ2v) is 6.54. The number of benzene rings is 2. The molecule has 0 radical (unpaired) electrons. The van der Waals surface area contributed by atoms with Crippen LogP contribution in [0.15, 0.2) is 41.4 Å². The standard InChI is InChI=1S/C17H15N3O3S/c1-10-8-11(2)15-14(9-10)19(3)17(24-15)18-16(21)12-6-4-5-7-13(12)20(22)23/h4-9H,1-3H3. The van der Waals surface area contributed by atoms with Crippen LogP contribution in [0.4, 0.5) is 5.69 Å². The molecule has 0 saturated heterocycles. The molecule has 0 atom stereocenters. The third-order valence-corrected chi connectivity index (χ3v) is 5.05. The molecule has 7 heteroatoms. The number of fused-ring (bicyclic) bond motifs is 1. The lowest BCUT2D eigenvalue weighted by atomic mass is 10.1. The summed E-state index contributed by atoms with van der Waals surface area (Å²) in [6.45, 7) is 4.03. The lowest BCUT2D eigenvalue weighted by molar-refractivity contribution is -0.385. The second-order valence-electron chi connectivity index (χ2n) is 5.56. The van der Waals surface area contributed by atoms with Crippen molar-refractivity contribution in [2.45, 2.75) is 13.8 Å². The first-order valence-electron chi connectivity index (χ1n) is 7.27. The number of carbonyl (C=O) groups excluding carboxylic acids is 1. The lowest BCUT2D eigenvalue weighted by Crippen LogP contribution is -2.14. The van der Waals surface area contributed by atoms with Gasteiger partial charge in [-0.25, -0.2) is 0 Å². The summed E-state index contributed by atoms with van der Waals surface area (Å²) in [5.74, 6) is -0.612. The van der Waals surface area contributed by atoms with Crippen molar-refractivity contribution >= 4 is 33.1 Å². The van der Waals surface area contributed by atoms with E-state index in [1.165, 1.54) is 29.5 Å². The Hall–Kier alpha value is -2.80. The average molecular weight is 341 g/mol. The van der Waals surface area contributed by atoms with E-state index >= 15 is 0 Å². The van der Waals surface area contributed by atoms with Crippen LogP contribution >= 0.6 is 11.3 Å². The predicted octanol–water partition coefficient (Wildman–Crippen LogP) is 3.51. The molecular formula is C17H15N3O3S. The van der Waals surface area contributed by atoms with Gasteiger partial charge in [0.1, 0.15) is 5.56 Å². The van der Waals surface area contributed by atoms with E-state index in [2.05, 4.69) is 11.1 Å². The number of nitrogens with zero attached hydrogens (tertiary/aromatic N) is 3. The molecule has 0 aliphatic carbocycles. The van der Waals surface area contributed by atoms with Gasteiger partial charge < -0.3 is 4.57 Å². The van der Waals surface area contributed by atoms with Gasteiger partial charge in [-0.1, -0.05) is 29.5 Å². The summed E-state index contributed by atoms with van der Waals surface area (Å²) in [5.41, 5.74) is 3.00. The van der Waals surface area contributed by atoms with E-state index in [9.17, 15) is 14.9 Å². The molecule has 0 bridgehead atoms. The van der Waals surface area contributed by atoms with E-state index in [0.29, 0.717) is 4.80 Å². The summed E-state index contributed by atoms with van der Waals surface area (Å²) < 4.78 is 2.89. The number of amides is 1. The van der Waals surface area contributed by atoms with Gasteiger partial charge in [0.05, 0.1) is 15.1 Å². The minimum Gasteiger partial charge on any atom is -0.319 e. The maximum absolute atomic E-state index is 12.4. The molecule has 1 amide bonds. The molecule has 6 nitrogen and oxygen atoms in total. The summed E-state index contributed by atoms with van der Waals surface area (Å²) in [7, 11) is 1.84. The third kappa shape index (κ3) is 2.74. The van der Waals surface area contributed by atoms with Gasteiger partial charge in [-0.15, -0.1) is 0 Å². The molecule has 0 spiro atoms. The SMILES string of the molecule is Cc1cc(C)c2sc(=NC(=O)c3ccccc3[N+](=O)[O-])n(C)c2c1. The Morgan fingerprint density at radius 3 is 2.67 bits per heavy atom. The Bertz CT molecular complexity index is 1050. The molecule has 1 aromatic heterocycles. The molecule has 0 N–H and O–H groups in total. The van der Waals surface area contributed by atoms with Crippen molar-refractivity contribution in [1.29, 1.82) is 0 Å². The first kappa shape index (κ1) is 16.1. The molecule has 122 valence electrons. The highest BCUT2D eigenvalue weighted by Crippen LogP contribution is 2.23. The highest BCUT2D eigenvalue weighted by Gasteiger charge is 2.19. The van der Waals surface area contributed by atoms with Gasteiger partial charge >= 0.3 is 0 Å². The summed E-state index contributed by atoms with van der Waals surface area (Å²) in [6.07, 6.45) is 0. The largest absolute Gasteiger partial charge is 0.319 e. The number of nitro groups is 1. The van der Waals surface area contributed by atoms with Gasteiger partial charge in [0.15, 0.2) is 4.80 Å². The Morgan fingerprint density at radius 1 is 1.25 bits per heavy atom. The van der Waals surface area contributed by atoms with Crippen LogP contribution in [0.3, 0.4) is 0 Å². The molecule has 0 aliphatic heterocycles. The van der Waals surface area contributed by atoms with Crippen LogP contribution in [0.2, 0.25) is 0 Å². The maximum Gasteiger partial charge on any atom is 0.286 e. The Labute approximate surface area is 141 Å². The minimum atomic E-state index is -0.612. The van der Waals surface area contributed by atoms with E-state index in [1.54, 1.807) is 6.07 Å². The number of carbonyl (C=O) groups is 1. The van der Waals surface area contributed by atoms with Gasteiger partial charge in [0.25, 0.3) is 11.6 Å². The van der Waals surface area contributed by atoms with Gasteiger partial charge in [0.2, 0.25) is 0 Å². The van der Waals surface area contributed by atoms with Crippen LogP contribution in [-0.2, 0) is 7.05 Å². The lowest BCUT2D eigenvalue weighted by Gasteiger charge is -2.00. The fourth-order valence-electron chi connectivity index (χ4n) is 2.64. The number of para-hydroxylation sites is 1. The Morgan fingerprint density at radius 2 is 1.96 bits per heavy atom. The van der Waals surface area contributed by atoms with Crippen LogP contribution in [-0.4, -0.2) is 15.4 Å². The quantitative estimate of drug-likeness (QED) is 0.528. The van der Waals surface area contributed by atoms with Crippen molar-refractivity contribution in [2.75, 3.05) is 0 Å². The van der Waals surface area contributed by atoms with Crippen LogP contribution in [0.5, 0.6) is 0 Å². The molecule has 0 fully saturated rings. The van der Waals surface area contributed by atoms with Crippen molar-refractivity contribution in [3.05, 3.63) is 68.0 Å². The van der Waals surface area contributed by atoms with E-state index in [0.717, 1.165) is 21.3 Å². The fraction of sp³-hybridized carbons (Fsp3) is 0.176. The van der Waals surface area contributed by atoms with Crippen LogP contribution in [0, 0.1) is 24.0 Å². The molecule has 0 unspecified atom stereocenters. The van der Waals surface area contributed by atoms with Crippen molar-refractivity contribution in [2.24, 2.45) is 12.0 Å². The molecular weight excluding hydrogens is 326 g/mol. The zero-order valence-corrected chi connectivity index (χ0v) is 14.3. The molecule has 0 saturated carbocycles. The zero-order valence-electron chi connectivity index (χ0n) is 13.4. The minimum absolute atomic E-state index is 0.00661. The van der Waals surface area contributed by atoms with Gasteiger partial charge in [-0.2, -0.15) is 4.99 Å². The molecule has 3 rings (SSSR count). The molecule has 3 aromatic rings. The number of aromatic nitrogens is 1. The summed E-state index contributed by atoms with van der Waals surface area (Å²) in [6, 6.07) is 9.96. The monoisotopic (exact) mass is 341 g/mol. The first-order valence-corrected chi connectivity index (χ1v) is 8.09. The normalized spacial score (nSPS) is 11.9. The number of hydrogen-bond acceptors (Lipinski definition) is 4. The third-order valence-electron chi connectivity index (χ3n) is 3.77. The second kappa shape index (κ2) is 6.01. The van der Waals surface area contributed by atoms with E-state index in [-0.39, 0.29) is 11.3 Å². The Balaban J connectivity index is 2.18. The number of nitro benzene ring substituents is 1. The van der Waals surface area contributed by atoms with Gasteiger partial charge in [-0.05, 0) is 37.1 Å².